The highest BCUT2D eigenvalue weighted by atomic mass is 16.1. The van der Waals surface area contributed by atoms with E-state index >= 15 is 0 Å². The lowest BCUT2D eigenvalue weighted by Crippen LogP contribution is -2.20. The maximum atomic E-state index is 12.2. The van der Waals surface area contributed by atoms with Crippen molar-refractivity contribution in [1.82, 2.24) is 9.97 Å². The number of rotatable bonds is 3. The number of aryl methyl sites for hydroxylation is 3. The van der Waals surface area contributed by atoms with Crippen molar-refractivity contribution in [2.75, 3.05) is 0 Å². The van der Waals surface area contributed by atoms with Gasteiger partial charge in [0.1, 0.15) is 5.82 Å². The third-order valence-electron chi connectivity index (χ3n) is 3.98. The van der Waals surface area contributed by atoms with Crippen LogP contribution in [0.25, 0.3) is 0 Å². The van der Waals surface area contributed by atoms with Crippen LogP contribution in [0.15, 0.2) is 35.1 Å². The second kappa shape index (κ2) is 6.04. The van der Waals surface area contributed by atoms with Crippen LogP contribution in [0.1, 0.15) is 41.9 Å². The van der Waals surface area contributed by atoms with Crippen molar-refractivity contribution in [2.24, 2.45) is 0 Å². The standard InChI is InChI=1S/C17H20N2O/c20-17-14-9-5-2-6-10-15(14)18-16(19-17)12-11-13-7-3-1-4-8-13/h1,3-4,7-8H,2,5-6,9-12H2,(H,18,19,20). The molecule has 0 aliphatic heterocycles. The molecule has 1 heterocycles. The lowest BCUT2D eigenvalue weighted by Gasteiger charge is -2.07. The molecule has 3 heteroatoms. The Balaban J connectivity index is 1.79. The predicted molar refractivity (Wildman–Crippen MR) is 80.0 cm³/mol. The molecule has 0 saturated carbocycles. The minimum absolute atomic E-state index is 0.0833. The van der Waals surface area contributed by atoms with Crippen LogP contribution in [-0.4, -0.2) is 9.97 Å². The van der Waals surface area contributed by atoms with E-state index in [0.717, 1.165) is 55.6 Å². The minimum Gasteiger partial charge on any atom is -0.310 e. The molecule has 0 saturated heterocycles. The molecule has 3 nitrogen and oxygen atoms in total. The largest absolute Gasteiger partial charge is 0.310 e. The minimum atomic E-state index is 0.0833. The van der Waals surface area contributed by atoms with Gasteiger partial charge in [0.15, 0.2) is 0 Å². The number of H-pyrrole nitrogens is 1. The first kappa shape index (κ1) is 13.1. The molecular weight excluding hydrogens is 248 g/mol. The quantitative estimate of drug-likeness (QED) is 0.870. The first-order chi connectivity index (χ1) is 9.83. The van der Waals surface area contributed by atoms with Crippen molar-refractivity contribution in [3.8, 4) is 0 Å². The van der Waals surface area contributed by atoms with Crippen LogP contribution in [-0.2, 0) is 25.7 Å². The van der Waals surface area contributed by atoms with Gasteiger partial charge in [0.2, 0.25) is 0 Å². The average Bonchev–Trinajstić information content (AvgIpc) is 2.72. The van der Waals surface area contributed by atoms with Crippen LogP contribution >= 0.6 is 0 Å². The number of hydrogen-bond donors (Lipinski definition) is 1. The third kappa shape index (κ3) is 2.98. The maximum absolute atomic E-state index is 12.2. The Morgan fingerprint density at radius 2 is 1.80 bits per heavy atom. The van der Waals surface area contributed by atoms with Gasteiger partial charge in [0.05, 0.1) is 5.69 Å². The Morgan fingerprint density at radius 3 is 2.65 bits per heavy atom. The summed E-state index contributed by atoms with van der Waals surface area (Å²) >= 11 is 0. The molecule has 1 aromatic heterocycles. The fourth-order valence-corrected chi connectivity index (χ4v) is 2.86. The summed E-state index contributed by atoms with van der Waals surface area (Å²) in [5.74, 6) is 0.833. The van der Waals surface area contributed by atoms with Crippen molar-refractivity contribution in [3.05, 3.63) is 63.3 Å². The van der Waals surface area contributed by atoms with E-state index in [-0.39, 0.29) is 5.56 Å². The van der Waals surface area contributed by atoms with Crippen molar-refractivity contribution < 1.29 is 0 Å². The number of fused-ring (bicyclic) bond motifs is 1. The highest BCUT2D eigenvalue weighted by Crippen LogP contribution is 2.16. The van der Waals surface area contributed by atoms with Gasteiger partial charge in [0, 0.05) is 12.0 Å². The molecule has 1 N–H and O–H groups in total. The molecular formula is C17H20N2O. The normalized spacial score (nSPS) is 14.6. The van der Waals surface area contributed by atoms with E-state index < -0.39 is 0 Å². The van der Waals surface area contributed by atoms with Gasteiger partial charge >= 0.3 is 0 Å². The first-order valence-corrected chi connectivity index (χ1v) is 7.48. The van der Waals surface area contributed by atoms with Gasteiger partial charge in [-0.25, -0.2) is 4.98 Å². The maximum Gasteiger partial charge on any atom is 0.254 e. The van der Waals surface area contributed by atoms with E-state index in [2.05, 4.69) is 17.1 Å². The van der Waals surface area contributed by atoms with Gasteiger partial charge in [-0.05, 0) is 37.7 Å². The molecule has 0 unspecified atom stereocenters. The predicted octanol–water partition coefficient (Wildman–Crippen LogP) is 2.82. The summed E-state index contributed by atoms with van der Waals surface area (Å²) in [6.07, 6.45) is 7.03. The Kier molecular flexibility index (Phi) is 3.95. The summed E-state index contributed by atoms with van der Waals surface area (Å²) in [5.41, 5.74) is 3.32. The van der Waals surface area contributed by atoms with Crippen molar-refractivity contribution in [1.29, 1.82) is 0 Å². The van der Waals surface area contributed by atoms with E-state index in [1.165, 1.54) is 12.0 Å². The van der Waals surface area contributed by atoms with E-state index in [4.69, 9.17) is 4.98 Å². The zero-order chi connectivity index (χ0) is 13.8. The van der Waals surface area contributed by atoms with E-state index in [1.807, 2.05) is 18.2 Å². The molecule has 3 rings (SSSR count). The Hall–Kier alpha value is -1.90. The third-order valence-corrected chi connectivity index (χ3v) is 3.98. The number of aromatic nitrogens is 2. The van der Waals surface area contributed by atoms with Gasteiger partial charge in [-0.2, -0.15) is 0 Å². The number of benzene rings is 1. The molecule has 20 heavy (non-hydrogen) atoms. The molecule has 1 aromatic carbocycles. The molecule has 0 radical (unpaired) electrons. The number of nitrogens with one attached hydrogen (secondary N) is 1. The lowest BCUT2D eigenvalue weighted by molar-refractivity contribution is 0.707. The van der Waals surface area contributed by atoms with Crippen LogP contribution in [0.3, 0.4) is 0 Å². The van der Waals surface area contributed by atoms with Crippen LogP contribution in [0, 0.1) is 0 Å². The molecule has 1 aliphatic carbocycles. The SMILES string of the molecule is O=c1[nH]c(CCc2ccccc2)nc2c1CCCCC2. The van der Waals surface area contributed by atoms with Crippen LogP contribution in [0.5, 0.6) is 0 Å². The fourth-order valence-electron chi connectivity index (χ4n) is 2.86. The second-order valence-electron chi connectivity index (χ2n) is 5.48. The summed E-state index contributed by atoms with van der Waals surface area (Å²) in [6, 6.07) is 10.3. The smallest absolute Gasteiger partial charge is 0.254 e. The summed E-state index contributed by atoms with van der Waals surface area (Å²) in [4.78, 5) is 19.8. The van der Waals surface area contributed by atoms with Gasteiger partial charge < -0.3 is 4.98 Å². The van der Waals surface area contributed by atoms with Crippen LogP contribution in [0.2, 0.25) is 0 Å². The highest BCUT2D eigenvalue weighted by molar-refractivity contribution is 5.21. The molecule has 1 aliphatic rings. The van der Waals surface area contributed by atoms with Crippen molar-refractivity contribution >= 4 is 0 Å². The Morgan fingerprint density at radius 1 is 1.00 bits per heavy atom. The molecule has 0 spiro atoms. The van der Waals surface area contributed by atoms with Gasteiger partial charge in [0.25, 0.3) is 5.56 Å². The Labute approximate surface area is 119 Å². The topological polar surface area (TPSA) is 45.8 Å². The molecule has 0 bridgehead atoms. The molecule has 2 aromatic rings. The van der Waals surface area contributed by atoms with Crippen LogP contribution < -0.4 is 5.56 Å². The zero-order valence-electron chi connectivity index (χ0n) is 11.7. The van der Waals surface area contributed by atoms with Gasteiger partial charge in [-0.1, -0.05) is 36.8 Å². The number of nitrogens with zero attached hydrogens (tertiary/aromatic N) is 1. The second-order valence-corrected chi connectivity index (χ2v) is 5.48. The van der Waals surface area contributed by atoms with E-state index in [0.29, 0.717) is 0 Å². The molecule has 0 amide bonds. The van der Waals surface area contributed by atoms with Crippen LogP contribution in [0.4, 0.5) is 0 Å². The summed E-state index contributed by atoms with van der Waals surface area (Å²) in [7, 11) is 0. The number of aromatic amines is 1. The summed E-state index contributed by atoms with van der Waals surface area (Å²) in [5, 5.41) is 0. The molecule has 0 atom stereocenters. The van der Waals surface area contributed by atoms with Crippen molar-refractivity contribution in [2.45, 2.75) is 44.9 Å². The van der Waals surface area contributed by atoms with Gasteiger partial charge in [-0.3, -0.25) is 4.79 Å². The number of hydrogen-bond acceptors (Lipinski definition) is 2. The van der Waals surface area contributed by atoms with E-state index in [1.54, 1.807) is 0 Å². The van der Waals surface area contributed by atoms with Crippen molar-refractivity contribution in [3.63, 3.8) is 0 Å². The lowest BCUT2D eigenvalue weighted by atomic mass is 10.1. The van der Waals surface area contributed by atoms with Gasteiger partial charge in [-0.15, -0.1) is 0 Å². The highest BCUT2D eigenvalue weighted by Gasteiger charge is 2.14. The van der Waals surface area contributed by atoms with E-state index in [9.17, 15) is 4.79 Å². The zero-order valence-corrected chi connectivity index (χ0v) is 11.7. The molecule has 0 fully saturated rings. The summed E-state index contributed by atoms with van der Waals surface area (Å²) < 4.78 is 0. The average molecular weight is 268 g/mol. The summed E-state index contributed by atoms with van der Waals surface area (Å²) in [6.45, 7) is 0. The first-order valence-electron chi connectivity index (χ1n) is 7.48. The molecule has 104 valence electrons. The Bertz CT molecular complexity index is 631. The monoisotopic (exact) mass is 268 g/mol. The fraction of sp³-hybridized carbons (Fsp3) is 0.412.